The molecule has 0 atom stereocenters. The maximum absolute atomic E-state index is 12.0. The van der Waals surface area contributed by atoms with Gasteiger partial charge in [-0.15, -0.1) is 0 Å². The van der Waals surface area contributed by atoms with Crippen LogP contribution in [0, 0.1) is 6.92 Å². The number of rotatable bonds is 1. The molecule has 0 unspecified atom stereocenters. The molecule has 19 heavy (non-hydrogen) atoms. The van der Waals surface area contributed by atoms with Gasteiger partial charge in [-0.2, -0.15) is 5.10 Å². The lowest BCUT2D eigenvalue weighted by Crippen LogP contribution is -2.42. The molecule has 0 aliphatic carbocycles. The van der Waals surface area contributed by atoms with Crippen molar-refractivity contribution in [3.63, 3.8) is 0 Å². The number of amides is 1. The van der Waals surface area contributed by atoms with Crippen molar-refractivity contribution in [2.24, 2.45) is 0 Å². The third kappa shape index (κ3) is 3.49. The van der Waals surface area contributed by atoms with Gasteiger partial charge in [-0.25, -0.2) is 4.79 Å². The summed E-state index contributed by atoms with van der Waals surface area (Å²) < 4.78 is 7.45. The Kier molecular flexibility index (Phi) is 3.83. The third-order valence-electron chi connectivity index (χ3n) is 3.33. The van der Waals surface area contributed by atoms with Gasteiger partial charge in [0.2, 0.25) is 0 Å². The van der Waals surface area contributed by atoms with Crippen molar-refractivity contribution in [1.82, 2.24) is 14.7 Å². The van der Waals surface area contributed by atoms with Gasteiger partial charge < -0.3 is 9.64 Å². The van der Waals surface area contributed by atoms with E-state index in [0.29, 0.717) is 6.04 Å². The molecule has 1 aromatic heterocycles. The molecular formula is C14H23N3O2. The van der Waals surface area contributed by atoms with Gasteiger partial charge in [-0.3, -0.25) is 4.68 Å². The number of aryl methyl sites for hydroxylation is 1. The van der Waals surface area contributed by atoms with Crippen molar-refractivity contribution < 1.29 is 9.53 Å². The Labute approximate surface area is 114 Å². The van der Waals surface area contributed by atoms with Crippen LogP contribution in [0.5, 0.6) is 0 Å². The van der Waals surface area contributed by atoms with Crippen LogP contribution in [-0.2, 0) is 4.74 Å². The highest BCUT2D eigenvalue weighted by atomic mass is 16.6. The molecule has 1 aliphatic heterocycles. The predicted molar refractivity (Wildman–Crippen MR) is 73.0 cm³/mol. The molecule has 106 valence electrons. The number of hydrogen-bond acceptors (Lipinski definition) is 3. The summed E-state index contributed by atoms with van der Waals surface area (Å²) in [4.78, 5) is 13.7. The number of carbonyl (C=O) groups excluding carboxylic acids is 1. The van der Waals surface area contributed by atoms with Crippen LogP contribution in [0.2, 0.25) is 0 Å². The summed E-state index contributed by atoms with van der Waals surface area (Å²) in [5.74, 6) is 0. The van der Waals surface area contributed by atoms with E-state index in [1.807, 2.05) is 33.0 Å². The summed E-state index contributed by atoms with van der Waals surface area (Å²) in [6, 6.07) is 2.41. The normalized spacial score (nSPS) is 17.6. The number of nitrogens with zero attached hydrogens (tertiary/aromatic N) is 3. The molecule has 5 nitrogen and oxygen atoms in total. The summed E-state index contributed by atoms with van der Waals surface area (Å²) in [7, 11) is 0. The van der Waals surface area contributed by atoms with Crippen molar-refractivity contribution in [2.45, 2.75) is 52.2 Å². The summed E-state index contributed by atoms with van der Waals surface area (Å²) in [6.45, 7) is 9.21. The lowest BCUT2D eigenvalue weighted by atomic mass is 10.1. The SMILES string of the molecule is Cc1ccnn1C1CCN(C(=O)OC(C)(C)C)CC1. The van der Waals surface area contributed by atoms with Gasteiger partial charge in [0.1, 0.15) is 5.60 Å². The van der Waals surface area contributed by atoms with E-state index in [9.17, 15) is 4.79 Å². The van der Waals surface area contributed by atoms with Crippen molar-refractivity contribution in [3.8, 4) is 0 Å². The first kappa shape index (κ1) is 13.9. The van der Waals surface area contributed by atoms with Gasteiger partial charge in [0.15, 0.2) is 0 Å². The maximum atomic E-state index is 12.0. The first-order valence-corrected chi connectivity index (χ1v) is 6.85. The fourth-order valence-corrected chi connectivity index (χ4v) is 2.38. The molecule has 5 heteroatoms. The third-order valence-corrected chi connectivity index (χ3v) is 3.33. The maximum Gasteiger partial charge on any atom is 0.410 e. The minimum atomic E-state index is -0.424. The van der Waals surface area contributed by atoms with Crippen molar-refractivity contribution >= 4 is 6.09 Å². The fraction of sp³-hybridized carbons (Fsp3) is 0.714. The molecule has 1 saturated heterocycles. The lowest BCUT2D eigenvalue weighted by molar-refractivity contribution is 0.0184. The molecule has 0 radical (unpaired) electrons. The second kappa shape index (κ2) is 5.23. The van der Waals surface area contributed by atoms with Gasteiger partial charge in [-0.05, 0) is 46.6 Å². The van der Waals surface area contributed by atoms with E-state index >= 15 is 0 Å². The van der Waals surface area contributed by atoms with Crippen LogP contribution in [0.1, 0.15) is 45.3 Å². The summed E-state index contributed by atoms with van der Waals surface area (Å²) in [6.07, 6.45) is 3.49. The summed E-state index contributed by atoms with van der Waals surface area (Å²) in [5.41, 5.74) is 0.752. The van der Waals surface area contributed by atoms with Crippen molar-refractivity contribution in [1.29, 1.82) is 0 Å². The van der Waals surface area contributed by atoms with Gasteiger partial charge in [0.05, 0.1) is 6.04 Å². The molecule has 0 aromatic carbocycles. The van der Waals surface area contributed by atoms with Gasteiger partial charge in [-0.1, -0.05) is 0 Å². The first-order chi connectivity index (χ1) is 8.87. The molecule has 1 fully saturated rings. The van der Waals surface area contributed by atoms with Crippen LogP contribution < -0.4 is 0 Å². The molecular weight excluding hydrogens is 242 g/mol. The van der Waals surface area contributed by atoms with Crippen LogP contribution in [0.3, 0.4) is 0 Å². The number of ether oxygens (including phenoxy) is 1. The van der Waals surface area contributed by atoms with Crippen LogP contribution in [0.15, 0.2) is 12.3 Å². The van der Waals surface area contributed by atoms with E-state index in [2.05, 4.69) is 16.7 Å². The van der Waals surface area contributed by atoms with E-state index in [0.717, 1.165) is 25.9 Å². The molecule has 2 rings (SSSR count). The Bertz CT molecular complexity index is 440. The van der Waals surface area contributed by atoms with Crippen LogP contribution in [0.25, 0.3) is 0 Å². The standard InChI is InChI=1S/C14H23N3O2/c1-11-5-8-15-17(11)12-6-9-16(10-7-12)13(18)19-14(2,3)4/h5,8,12H,6-7,9-10H2,1-4H3. The van der Waals surface area contributed by atoms with E-state index in [4.69, 9.17) is 4.74 Å². The largest absolute Gasteiger partial charge is 0.444 e. The Morgan fingerprint density at radius 1 is 1.37 bits per heavy atom. The molecule has 1 aromatic rings. The zero-order valence-electron chi connectivity index (χ0n) is 12.2. The summed E-state index contributed by atoms with van der Waals surface area (Å²) in [5, 5.41) is 4.35. The monoisotopic (exact) mass is 265 g/mol. The van der Waals surface area contributed by atoms with Gasteiger partial charge >= 0.3 is 6.09 Å². The quantitative estimate of drug-likeness (QED) is 0.784. The highest BCUT2D eigenvalue weighted by molar-refractivity contribution is 5.68. The molecule has 1 aliphatic rings. The van der Waals surface area contributed by atoms with Gasteiger partial charge in [0.25, 0.3) is 0 Å². The number of hydrogen-bond donors (Lipinski definition) is 0. The van der Waals surface area contributed by atoms with Crippen molar-refractivity contribution in [3.05, 3.63) is 18.0 Å². The highest BCUT2D eigenvalue weighted by Gasteiger charge is 2.27. The molecule has 0 saturated carbocycles. The van der Waals surface area contributed by atoms with E-state index in [1.165, 1.54) is 5.69 Å². The Balaban J connectivity index is 1.89. The average Bonchev–Trinajstić information content (AvgIpc) is 2.73. The van der Waals surface area contributed by atoms with Crippen LogP contribution >= 0.6 is 0 Å². The van der Waals surface area contributed by atoms with E-state index < -0.39 is 5.60 Å². The average molecular weight is 265 g/mol. The molecule has 1 amide bonds. The fourth-order valence-electron chi connectivity index (χ4n) is 2.38. The minimum absolute atomic E-state index is 0.205. The number of aromatic nitrogens is 2. The Morgan fingerprint density at radius 3 is 2.47 bits per heavy atom. The topological polar surface area (TPSA) is 47.4 Å². The second-order valence-electron chi connectivity index (χ2n) is 6.12. The number of likely N-dealkylation sites (tertiary alicyclic amines) is 1. The van der Waals surface area contributed by atoms with E-state index in [1.54, 1.807) is 4.90 Å². The molecule has 0 bridgehead atoms. The lowest BCUT2D eigenvalue weighted by Gasteiger charge is -2.33. The van der Waals surface area contributed by atoms with Gasteiger partial charge in [0, 0.05) is 25.0 Å². The van der Waals surface area contributed by atoms with Crippen molar-refractivity contribution in [2.75, 3.05) is 13.1 Å². The summed E-state index contributed by atoms with van der Waals surface area (Å²) >= 11 is 0. The molecule has 2 heterocycles. The number of carbonyl (C=O) groups is 1. The second-order valence-corrected chi connectivity index (χ2v) is 6.12. The molecule has 0 spiro atoms. The zero-order valence-corrected chi connectivity index (χ0v) is 12.2. The van der Waals surface area contributed by atoms with Crippen LogP contribution in [0.4, 0.5) is 4.79 Å². The smallest absolute Gasteiger partial charge is 0.410 e. The Hall–Kier alpha value is -1.52. The van der Waals surface area contributed by atoms with E-state index in [-0.39, 0.29) is 6.09 Å². The molecule has 0 N–H and O–H groups in total. The van der Waals surface area contributed by atoms with Crippen LogP contribution in [-0.4, -0.2) is 39.5 Å². The minimum Gasteiger partial charge on any atom is -0.444 e. The zero-order chi connectivity index (χ0) is 14.0. The Morgan fingerprint density at radius 2 is 2.00 bits per heavy atom. The number of piperidine rings is 1. The first-order valence-electron chi connectivity index (χ1n) is 6.85. The predicted octanol–water partition coefficient (Wildman–Crippen LogP) is 2.76. The highest BCUT2D eigenvalue weighted by Crippen LogP contribution is 2.24.